The maximum absolute atomic E-state index is 12.1. The van der Waals surface area contributed by atoms with Crippen molar-refractivity contribution in [2.75, 3.05) is 20.7 Å². The third-order valence-electron chi connectivity index (χ3n) is 3.37. The Balaban J connectivity index is 2.24. The SMILES string of the molecule is CC1C(O)[C@@H](CO)O[C@H]1n1ccc(N=CN(C)C)nc1=O. The predicted molar refractivity (Wildman–Crippen MR) is 76.5 cm³/mol. The molecule has 0 saturated carbocycles. The molecule has 1 aromatic heterocycles. The molecule has 2 unspecified atom stereocenters. The zero-order chi connectivity index (χ0) is 15.6. The molecule has 0 bridgehead atoms. The second-order valence-corrected chi connectivity index (χ2v) is 5.28. The first-order valence-electron chi connectivity index (χ1n) is 6.68. The number of nitrogens with zero attached hydrogens (tertiary/aromatic N) is 4. The number of ether oxygens (including phenoxy) is 1. The highest BCUT2D eigenvalue weighted by atomic mass is 16.5. The Kier molecular flexibility index (Phi) is 4.71. The first-order chi connectivity index (χ1) is 9.93. The van der Waals surface area contributed by atoms with E-state index in [1.54, 1.807) is 24.2 Å². The molecule has 8 heteroatoms. The quantitative estimate of drug-likeness (QED) is 0.566. The molecule has 1 aromatic rings. The van der Waals surface area contributed by atoms with Gasteiger partial charge in [0.1, 0.15) is 12.3 Å². The maximum Gasteiger partial charge on any atom is 0.351 e. The van der Waals surface area contributed by atoms with Gasteiger partial charge in [0, 0.05) is 26.2 Å². The zero-order valence-electron chi connectivity index (χ0n) is 12.2. The van der Waals surface area contributed by atoms with Gasteiger partial charge in [-0.2, -0.15) is 4.98 Å². The van der Waals surface area contributed by atoms with Gasteiger partial charge in [-0.3, -0.25) is 4.57 Å². The van der Waals surface area contributed by atoms with Crippen LogP contribution in [0.5, 0.6) is 0 Å². The van der Waals surface area contributed by atoms with Crippen molar-refractivity contribution in [3.63, 3.8) is 0 Å². The Labute approximate surface area is 122 Å². The Morgan fingerprint density at radius 2 is 2.29 bits per heavy atom. The fourth-order valence-corrected chi connectivity index (χ4v) is 2.20. The summed E-state index contributed by atoms with van der Waals surface area (Å²) in [5.74, 6) is -0.0207. The highest BCUT2D eigenvalue weighted by molar-refractivity contribution is 5.58. The largest absolute Gasteiger partial charge is 0.394 e. The highest BCUT2D eigenvalue weighted by Crippen LogP contribution is 2.33. The predicted octanol–water partition coefficient (Wildman–Crippen LogP) is -0.649. The lowest BCUT2D eigenvalue weighted by Crippen LogP contribution is -2.30. The first-order valence-corrected chi connectivity index (χ1v) is 6.68. The van der Waals surface area contributed by atoms with Crippen molar-refractivity contribution < 1.29 is 14.9 Å². The molecule has 1 saturated heterocycles. The summed E-state index contributed by atoms with van der Waals surface area (Å²) in [7, 11) is 3.63. The molecule has 8 nitrogen and oxygen atoms in total. The fraction of sp³-hybridized carbons (Fsp3) is 0.615. The van der Waals surface area contributed by atoms with Gasteiger partial charge in [0.2, 0.25) is 0 Å². The molecular formula is C13H20N4O4. The number of hydrogen-bond donors (Lipinski definition) is 2. The van der Waals surface area contributed by atoms with Gasteiger partial charge >= 0.3 is 5.69 Å². The summed E-state index contributed by atoms with van der Waals surface area (Å²) in [6, 6.07) is 1.59. The fourth-order valence-electron chi connectivity index (χ4n) is 2.20. The average Bonchev–Trinajstić information content (AvgIpc) is 2.73. The van der Waals surface area contributed by atoms with Crippen LogP contribution in [0.1, 0.15) is 13.2 Å². The van der Waals surface area contributed by atoms with Crippen LogP contribution in [0.25, 0.3) is 0 Å². The molecular weight excluding hydrogens is 276 g/mol. The normalized spacial score (nSPS) is 29.2. The Morgan fingerprint density at radius 1 is 1.57 bits per heavy atom. The van der Waals surface area contributed by atoms with Crippen molar-refractivity contribution in [2.24, 2.45) is 10.9 Å². The molecule has 4 atom stereocenters. The molecule has 1 aliphatic rings. The highest BCUT2D eigenvalue weighted by Gasteiger charge is 2.41. The summed E-state index contributed by atoms with van der Waals surface area (Å²) in [6.07, 6.45) is 0.920. The molecule has 116 valence electrons. The summed E-state index contributed by atoms with van der Waals surface area (Å²) in [6.45, 7) is 1.46. The van der Waals surface area contributed by atoms with Crippen LogP contribution in [0.15, 0.2) is 22.1 Å². The van der Waals surface area contributed by atoms with E-state index in [0.29, 0.717) is 5.82 Å². The number of aliphatic imine (C=N–C) groups is 1. The molecule has 0 spiro atoms. The lowest BCUT2D eigenvalue weighted by Gasteiger charge is -2.17. The van der Waals surface area contributed by atoms with Crippen molar-refractivity contribution in [1.29, 1.82) is 0 Å². The van der Waals surface area contributed by atoms with Crippen LogP contribution in [0.3, 0.4) is 0 Å². The van der Waals surface area contributed by atoms with Crippen LogP contribution < -0.4 is 5.69 Å². The summed E-state index contributed by atoms with van der Waals surface area (Å²) < 4.78 is 6.82. The van der Waals surface area contributed by atoms with Crippen LogP contribution in [0.4, 0.5) is 5.82 Å². The average molecular weight is 296 g/mol. The Hall–Kier alpha value is -1.77. The molecule has 2 rings (SSSR count). The third kappa shape index (κ3) is 3.29. The van der Waals surface area contributed by atoms with Crippen LogP contribution >= 0.6 is 0 Å². The molecule has 1 fully saturated rings. The topological polar surface area (TPSA) is 100 Å². The molecule has 0 aliphatic carbocycles. The minimum atomic E-state index is -0.821. The molecule has 1 aliphatic heterocycles. The van der Waals surface area contributed by atoms with Crippen molar-refractivity contribution in [2.45, 2.75) is 25.4 Å². The monoisotopic (exact) mass is 296 g/mol. The number of hydrogen-bond acceptors (Lipinski definition) is 6. The Bertz CT molecular complexity index is 572. The second kappa shape index (κ2) is 6.33. The van der Waals surface area contributed by atoms with Gasteiger partial charge in [0.15, 0.2) is 5.82 Å². The number of aliphatic hydroxyl groups is 2. The molecule has 0 aromatic carbocycles. The van der Waals surface area contributed by atoms with E-state index in [1.807, 2.05) is 14.1 Å². The van der Waals surface area contributed by atoms with E-state index in [9.17, 15) is 9.90 Å². The minimum Gasteiger partial charge on any atom is -0.394 e. The molecule has 2 N–H and O–H groups in total. The second-order valence-electron chi connectivity index (χ2n) is 5.28. The molecule has 0 radical (unpaired) electrons. The van der Waals surface area contributed by atoms with E-state index in [0.717, 1.165) is 0 Å². The van der Waals surface area contributed by atoms with Crippen molar-refractivity contribution in [3.8, 4) is 0 Å². The first kappa shape index (κ1) is 15.6. The van der Waals surface area contributed by atoms with E-state index >= 15 is 0 Å². The summed E-state index contributed by atoms with van der Waals surface area (Å²) in [5.41, 5.74) is -0.508. The van der Waals surface area contributed by atoms with Crippen LogP contribution in [-0.4, -0.2) is 63.9 Å². The lowest BCUT2D eigenvalue weighted by molar-refractivity contribution is -0.0476. The van der Waals surface area contributed by atoms with Crippen molar-refractivity contribution >= 4 is 12.2 Å². The van der Waals surface area contributed by atoms with Gasteiger partial charge < -0.3 is 19.8 Å². The van der Waals surface area contributed by atoms with Gasteiger partial charge in [-0.05, 0) is 6.07 Å². The third-order valence-corrected chi connectivity index (χ3v) is 3.37. The number of rotatable bonds is 4. The standard InChI is InChI=1S/C13H20N4O4/c1-8-11(19)9(6-18)21-12(8)17-5-4-10(15-13(17)20)14-7-16(2)3/h4-5,7-9,11-12,18-19H,6H2,1-3H3/t8?,9-,11?,12-/m1/s1. The summed E-state index contributed by atoms with van der Waals surface area (Å²) >= 11 is 0. The lowest BCUT2D eigenvalue weighted by atomic mass is 10.0. The van der Waals surface area contributed by atoms with Gasteiger partial charge in [0.05, 0.1) is 19.0 Å². The molecule has 2 heterocycles. The maximum atomic E-state index is 12.1. The van der Waals surface area contributed by atoms with Crippen LogP contribution in [0.2, 0.25) is 0 Å². The Morgan fingerprint density at radius 3 is 2.81 bits per heavy atom. The van der Waals surface area contributed by atoms with E-state index in [2.05, 4.69) is 9.98 Å². The number of aliphatic hydroxyl groups excluding tert-OH is 2. The number of aromatic nitrogens is 2. The van der Waals surface area contributed by atoms with E-state index in [4.69, 9.17) is 9.84 Å². The van der Waals surface area contributed by atoms with E-state index in [1.165, 1.54) is 10.8 Å². The molecule has 0 amide bonds. The van der Waals surface area contributed by atoms with Gasteiger partial charge in [-0.15, -0.1) is 0 Å². The van der Waals surface area contributed by atoms with Crippen molar-refractivity contribution in [3.05, 3.63) is 22.7 Å². The van der Waals surface area contributed by atoms with Crippen molar-refractivity contribution in [1.82, 2.24) is 14.5 Å². The zero-order valence-corrected chi connectivity index (χ0v) is 12.2. The summed E-state index contributed by atoms with van der Waals surface area (Å²) in [5, 5.41) is 19.1. The summed E-state index contributed by atoms with van der Waals surface area (Å²) in [4.78, 5) is 21.7. The van der Waals surface area contributed by atoms with Crippen LogP contribution in [0, 0.1) is 5.92 Å². The van der Waals surface area contributed by atoms with Gasteiger partial charge in [0.25, 0.3) is 0 Å². The molecule has 21 heavy (non-hydrogen) atoms. The van der Waals surface area contributed by atoms with E-state index < -0.39 is 24.1 Å². The van der Waals surface area contributed by atoms with Gasteiger partial charge in [-0.25, -0.2) is 9.79 Å². The smallest absolute Gasteiger partial charge is 0.351 e. The van der Waals surface area contributed by atoms with E-state index in [-0.39, 0.29) is 12.5 Å². The van der Waals surface area contributed by atoms with Gasteiger partial charge in [-0.1, -0.05) is 6.92 Å². The minimum absolute atomic E-state index is 0.296. The van der Waals surface area contributed by atoms with Crippen LogP contribution in [-0.2, 0) is 4.74 Å².